The second-order valence-corrected chi connectivity index (χ2v) is 7.38. The Labute approximate surface area is 158 Å². The van der Waals surface area contributed by atoms with E-state index in [-0.39, 0.29) is 15.8 Å². The molecule has 138 valence electrons. The van der Waals surface area contributed by atoms with Crippen LogP contribution in [0.2, 0.25) is 0 Å². The zero-order valence-corrected chi connectivity index (χ0v) is 15.9. The van der Waals surface area contributed by atoms with Gasteiger partial charge in [-0.05, 0) is 62.5 Å². The Morgan fingerprint density at radius 3 is 2.31 bits per heavy atom. The van der Waals surface area contributed by atoms with Crippen molar-refractivity contribution in [3.05, 3.63) is 54.1 Å². The molecule has 2 N–H and O–H groups in total. The smallest absolute Gasteiger partial charge is 0.281 e. The van der Waals surface area contributed by atoms with E-state index < -0.39 is 10.0 Å². The number of thiocarbonyl (C=S) groups is 1. The Balaban J connectivity index is 2.30. The van der Waals surface area contributed by atoms with Gasteiger partial charge >= 0.3 is 0 Å². The van der Waals surface area contributed by atoms with Crippen LogP contribution >= 0.6 is 12.2 Å². The maximum atomic E-state index is 12.8. The third kappa shape index (κ3) is 4.70. The zero-order valence-electron chi connectivity index (χ0n) is 14.3. The standard InChI is InChI=1S/C17H19N3O4S2/c1-3-24-17(25)19-14-6-8-15(9-7-14)20(18-12-21)26(22,23)16-10-4-13(2)5-11-16/h4-12H,3H2,1-2H3,(H,18,21)(H,19,25). The molecule has 0 unspecified atom stereocenters. The number of carbonyl (C=O) groups is 1. The van der Waals surface area contributed by atoms with E-state index >= 15 is 0 Å². The molecule has 0 bridgehead atoms. The van der Waals surface area contributed by atoms with Crippen molar-refractivity contribution >= 4 is 45.2 Å². The van der Waals surface area contributed by atoms with Crippen LogP contribution in [-0.4, -0.2) is 26.6 Å². The second kappa shape index (κ2) is 8.63. The SMILES string of the molecule is CCOC(=S)Nc1ccc(N(NC=O)S(=O)(=O)c2ccc(C)cc2)cc1. The third-order valence-electron chi connectivity index (χ3n) is 3.35. The van der Waals surface area contributed by atoms with Crippen molar-refractivity contribution in [2.75, 3.05) is 16.3 Å². The van der Waals surface area contributed by atoms with Crippen molar-refractivity contribution in [1.29, 1.82) is 0 Å². The number of hydrogen-bond acceptors (Lipinski definition) is 5. The molecule has 0 radical (unpaired) electrons. The highest BCUT2D eigenvalue weighted by Crippen LogP contribution is 2.23. The fraction of sp³-hybridized carbons (Fsp3) is 0.176. The Kier molecular flexibility index (Phi) is 6.53. The van der Waals surface area contributed by atoms with Crippen LogP contribution in [0.3, 0.4) is 0 Å². The van der Waals surface area contributed by atoms with Gasteiger partial charge in [0, 0.05) is 5.69 Å². The molecule has 0 spiro atoms. The number of ether oxygens (including phenoxy) is 1. The van der Waals surface area contributed by atoms with Crippen molar-refractivity contribution in [3.8, 4) is 0 Å². The first-order valence-corrected chi connectivity index (χ1v) is 9.59. The van der Waals surface area contributed by atoms with E-state index in [4.69, 9.17) is 17.0 Å². The van der Waals surface area contributed by atoms with Gasteiger partial charge in [-0.1, -0.05) is 17.7 Å². The highest BCUT2D eigenvalue weighted by atomic mass is 32.2. The maximum absolute atomic E-state index is 12.8. The van der Waals surface area contributed by atoms with Crippen LogP contribution in [0.1, 0.15) is 12.5 Å². The largest absolute Gasteiger partial charge is 0.471 e. The van der Waals surface area contributed by atoms with Crippen LogP contribution in [-0.2, 0) is 19.6 Å². The van der Waals surface area contributed by atoms with Crippen molar-refractivity contribution in [2.45, 2.75) is 18.7 Å². The van der Waals surface area contributed by atoms with E-state index in [0.29, 0.717) is 18.7 Å². The number of nitrogens with one attached hydrogen (secondary N) is 2. The van der Waals surface area contributed by atoms with E-state index in [9.17, 15) is 13.2 Å². The number of sulfonamides is 1. The monoisotopic (exact) mass is 393 g/mol. The van der Waals surface area contributed by atoms with Crippen LogP contribution in [0.25, 0.3) is 0 Å². The van der Waals surface area contributed by atoms with Gasteiger partial charge < -0.3 is 10.1 Å². The number of hydrazine groups is 1. The maximum Gasteiger partial charge on any atom is 0.281 e. The predicted molar refractivity (Wildman–Crippen MR) is 104 cm³/mol. The molecule has 0 aromatic heterocycles. The minimum absolute atomic E-state index is 0.0668. The van der Waals surface area contributed by atoms with Gasteiger partial charge in [-0.3, -0.25) is 10.2 Å². The van der Waals surface area contributed by atoms with Crippen molar-refractivity contribution in [3.63, 3.8) is 0 Å². The molecule has 0 aliphatic rings. The van der Waals surface area contributed by atoms with E-state index in [0.717, 1.165) is 9.98 Å². The average Bonchev–Trinajstić information content (AvgIpc) is 2.61. The average molecular weight is 393 g/mol. The summed E-state index contributed by atoms with van der Waals surface area (Å²) in [5.41, 5.74) is 4.06. The fourth-order valence-corrected chi connectivity index (χ4v) is 3.62. The second-order valence-electron chi connectivity index (χ2n) is 5.22. The van der Waals surface area contributed by atoms with Gasteiger partial charge in [0.05, 0.1) is 17.2 Å². The summed E-state index contributed by atoms with van der Waals surface area (Å²) in [4.78, 5) is 11.0. The first-order valence-electron chi connectivity index (χ1n) is 7.74. The topological polar surface area (TPSA) is 87.7 Å². The molecular weight excluding hydrogens is 374 g/mol. The van der Waals surface area contributed by atoms with Crippen LogP contribution in [0.4, 0.5) is 11.4 Å². The Morgan fingerprint density at radius 1 is 1.15 bits per heavy atom. The molecule has 26 heavy (non-hydrogen) atoms. The molecular formula is C17H19N3O4S2. The molecule has 0 aliphatic heterocycles. The van der Waals surface area contributed by atoms with Gasteiger partial charge in [0.15, 0.2) is 0 Å². The molecule has 2 aromatic rings. The van der Waals surface area contributed by atoms with Gasteiger partial charge in [-0.15, -0.1) is 0 Å². The molecule has 2 rings (SSSR count). The molecule has 0 atom stereocenters. The summed E-state index contributed by atoms with van der Waals surface area (Å²) < 4.78 is 31.6. The molecule has 2 aromatic carbocycles. The van der Waals surface area contributed by atoms with Crippen LogP contribution in [0, 0.1) is 6.92 Å². The summed E-state index contributed by atoms with van der Waals surface area (Å²) in [5, 5.41) is 3.09. The lowest BCUT2D eigenvalue weighted by atomic mass is 10.2. The van der Waals surface area contributed by atoms with Gasteiger partial charge in [0.25, 0.3) is 15.2 Å². The number of nitrogens with zero attached hydrogens (tertiary/aromatic N) is 1. The zero-order chi connectivity index (χ0) is 19.2. The van der Waals surface area contributed by atoms with Crippen LogP contribution in [0.5, 0.6) is 0 Å². The summed E-state index contributed by atoms with van der Waals surface area (Å²) in [6, 6.07) is 12.7. The van der Waals surface area contributed by atoms with E-state index in [1.807, 2.05) is 13.8 Å². The minimum Gasteiger partial charge on any atom is -0.471 e. The first kappa shape index (κ1) is 19.7. The van der Waals surface area contributed by atoms with Gasteiger partial charge in [-0.2, -0.15) is 12.8 Å². The Bertz CT molecular complexity index is 866. The summed E-state index contributed by atoms with van der Waals surface area (Å²) >= 11 is 5.00. The van der Waals surface area contributed by atoms with Gasteiger partial charge in [0.2, 0.25) is 6.41 Å². The van der Waals surface area contributed by atoms with E-state index in [1.54, 1.807) is 36.4 Å². The lowest BCUT2D eigenvalue weighted by Gasteiger charge is -2.23. The quantitative estimate of drug-likeness (QED) is 0.427. The normalized spacial score (nSPS) is 10.7. The highest BCUT2D eigenvalue weighted by molar-refractivity contribution is 7.92. The molecule has 9 heteroatoms. The number of carbonyl (C=O) groups excluding carboxylic acids is 1. The summed E-state index contributed by atoms with van der Waals surface area (Å²) in [6.07, 6.45) is 0.308. The number of benzene rings is 2. The van der Waals surface area contributed by atoms with E-state index in [1.165, 1.54) is 12.1 Å². The van der Waals surface area contributed by atoms with Crippen LogP contribution in [0.15, 0.2) is 53.4 Å². The molecule has 0 heterocycles. The fourth-order valence-electron chi connectivity index (χ4n) is 2.11. The molecule has 7 nitrogen and oxygen atoms in total. The number of amides is 1. The predicted octanol–water partition coefficient (Wildman–Crippen LogP) is 2.58. The first-order chi connectivity index (χ1) is 12.4. The van der Waals surface area contributed by atoms with E-state index in [2.05, 4.69) is 10.7 Å². The Hall–Kier alpha value is -2.65. The molecule has 0 saturated carbocycles. The third-order valence-corrected chi connectivity index (χ3v) is 5.24. The molecule has 0 aliphatic carbocycles. The van der Waals surface area contributed by atoms with Crippen molar-refractivity contribution in [2.24, 2.45) is 0 Å². The molecule has 0 fully saturated rings. The van der Waals surface area contributed by atoms with Gasteiger partial charge in [0.1, 0.15) is 0 Å². The lowest BCUT2D eigenvalue weighted by molar-refractivity contribution is -0.109. The summed E-state index contributed by atoms with van der Waals surface area (Å²) in [7, 11) is -3.96. The Morgan fingerprint density at radius 2 is 1.77 bits per heavy atom. The lowest BCUT2D eigenvalue weighted by Crippen LogP contribution is -2.42. The number of hydrogen-bond donors (Lipinski definition) is 2. The van der Waals surface area contributed by atoms with Gasteiger partial charge in [-0.25, -0.2) is 0 Å². The number of rotatable bonds is 7. The van der Waals surface area contributed by atoms with Crippen molar-refractivity contribution < 1.29 is 17.9 Å². The van der Waals surface area contributed by atoms with Crippen molar-refractivity contribution in [1.82, 2.24) is 5.43 Å². The summed E-state index contributed by atoms with van der Waals surface area (Å²) in [6.45, 7) is 4.11. The minimum atomic E-state index is -3.96. The number of anilines is 2. The summed E-state index contributed by atoms with van der Waals surface area (Å²) in [5.74, 6) is 0. The highest BCUT2D eigenvalue weighted by Gasteiger charge is 2.24. The number of aryl methyl sites for hydroxylation is 1. The van der Waals surface area contributed by atoms with Crippen LogP contribution < -0.4 is 15.2 Å². The molecule has 0 saturated heterocycles. The molecule has 1 amide bonds.